The van der Waals surface area contributed by atoms with E-state index in [9.17, 15) is 4.79 Å². The summed E-state index contributed by atoms with van der Waals surface area (Å²) in [6, 6.07) is 0. The molecule has 5 fully saturated rings. The molecule has 0 amide bonds. The highest BCUT2D eigenvalue weighted by Crippen LogP contribution is 2.71. The largest absolute Gasteiger partial charge is 0.462 e. The Labute approximate surface area is 147 Å². The highest BCUT2D eigenvalue weighted by Gasteiger charge is 2.64. The highest BCUT2D eigenvalue weighted by atomic mass is 16.5. The quantitative estimate of drug-likeness (QED) is 0.617. The van der Waals surface area contributed by atoms with E-state index < -0.39 is 0 Å². The van der Waals surface area contributed by atoms with Crippen molar-refractivity contribution in [2.24, 2.45) is 46.3 Å². The van der Waals surface area contributed by atoms with Gasteiger partial charge < -0.3 is 4.74 Å². The average Bonchev–Trinajstić information content (AvgIpc) is 3.24. The van der Waals surface area contributed by atoms with Gasteiger partial charge in [-0.05, 0) is 98.7 Å². The Morgan fingerprint density at radius 3 is 2.29 bits per heavy atom. The van der Waals surface area contributed by atoms with Crippen LogP contribution in [0.15, 0.2) is 0 Å². The molecule has 0 heterocycles. The third-order valence-corrected chi connectivity index (χ3v) is 9.71. The monoisotopic (exact) mass is 330 g/mol. The van der Waals surface area contributed by atoms with Gasteiger partial charge in [-0.25, -0.2) is 0 Å². The average molecular weight is 331 g/mol. The summed E-state index contributed by atoms with van der Waals surface area (Å²) >= 11 is 0. The van der Waals surface area contributed by atoms with Gasteiger partial charge in [-0.15, -0.1) is 0 Å². The molecule has 5 rings (SSSR count). The SMILES string of the molecule is CC(=O)O[C@H]1CC[C@H]2[C@@H]3CC[C@H]4[C@@H]5C[C@@H]5CC[C@]4(C)[C@H]3CC[C@]12C. The van der Waals surface area contributed by atoms with Gasteiger partial charge in [0.1, 0.15) is 6.10 Å². The van der Waals surface area contributed by atoms with Crippen molar-refractivity contribution in [1.82, 2.24) is 0 Å². The fourth-order valence-electron chi connectivity index (χ4n) is 8.50. The van der Waals surface area contributed by atoms with Crippen molar-refractivity contribution >= 4 is 5.97 Å². The van der Waals surface area contributed by atoms with Crippen LogP contribution in [0.1, 0.15) is 78.6 Å². The Hall–Kier alpha value is -0.530. The lowest BCUT2D eigenvalue weighted by Crippen LogP contribution is -2.54. The van der Waals surface area contributed by atoms with E-state index in [1.807, 2.05) is 0 Å². The Morgan fingerprint density at radius 1 is 0.833 bits per heavy atom. The number of hydrogen-bond acceptors (Lipinski definition) is 2. The minimum absolute atomic E-state index is 0.0771. The van der Waals surface area contributed by atoms with Crippen molar-refractivity contribution in [3.63, 3.8) is 0 Å². The van der Waals surface area contributed by atoms with Crippen molar-refractivity contribution in [1.29, 1.82) is 0 Å². The zero-order valence-corrected chi connectivity index (χ0v) is 15.7. The Kier molecular flexibility index (Phi) is 3.28. The number of ether oxygens (including phenoxy) is 1. The number of esters is 1. The smallest absolute Gasteiger partial charge is 0.302 e. The molecular formula is C22H34O2. The number of carbonyl (C=O) groups excluding carboxylic acids is 1. The fraction of sp³-hybridized carbons (Fsp3) is 0.955. The molecule has 0 aromatic carbocycles. The van der Waals surface area contributed by atoms with Crippen LogP contribution < -0.4 is 0 Å². The Balaban J connectivity index is 1.42. The zero-order valence-electron chi connectivity index (χ0n) is 15.7. The second-order valence-corrected chi connectivity index (χ2v) is 10.5. The molecule has 0 radical (unpaired) electrons. The van der Waals surface area contributed by atoms with E-state index in [1.165, 1.54) is 44.9 Å². The summed E-state index contributed by atoms with van der Waals surface area (Å²) in [5.41, 5.74) is 0.883. The first-order valence-corrected chi connectivity index (χ1v) is 10.6. The maximum atomic E-state index is 11.6. The van der Waals surface area contributed by atoms with E-state index >= 15 is 0 Å². The van der Waals surface area contributed by atoms with Crippen LogP contribution in [0.2, 0.25) is 0 Å². The molecule has 9 atom stereocenters. The van der Waals surface area contributed by atoms with Crippen LogP contribution in [0.4, 0.5) is 0 Å². The molecule has 134 valence electrons. The van der Waals surface area contributed by atoms with Crippen molar-refractivity contribution in [3.05, 3.63) is 0 Å². The van der Waals surface area contributed by atoms with Gasteiger partial charge >= 0.3 is 5.97 Å². The predicted octanol–water partition coefficient (Wildman–Crippen LogP) is 5.21. The van der Waals surface area contributed by atoms with E-state index in [0.29, 0.717) is 5.41 Å². The second kappa shape index (κ2) is 5.01. The molecular weight excluding hydrogens is 296 g/mol. The maximum Gasteiger partial charge on any atom is 0.302 e. The normalized spacial score (nSPS) is 58.0. The van der Waals surface area contributed by atoms with Gasteiger partial charge in [0.25, 0.3) is 0 Å². The standard InChI is InChI=1S/C22H34O2/c1-13(23)24-20-7-6-17-15-4-5-18-16-12-14(16)8-10-21(18,2)19(15)9-11-22(17,20)3/h14-20H,4-12H2,1-3H3/t14-,15-,16+,17-,18-,19-,20-,21-,22-/m0/s1. The molecule has 0 aromatic heterocycles. The van der Waals surface area contributed by atoms with Crippen molar-refractivity contribution < 1.29 is 9.53 Å². The first-order valence-electron chi connectivity index (χ1n) is 10.6. The highest BCUT2D eigenvalue weighted by molar-refractivity contribution is 5.66. The van der Waals surface area contributed by atoms with Crippen molar-refractivity contribution in [2.45, 2.75) is 84.7 Å². The molecule has 0 aromatic rings. The molecule has 0 bridgehead atoms. The van der Waals surface area contributed by atoms with E-state index in [1.54, 1.807) is 13.3 Å². The number of rotatable bonds is 1. The summed E-state index contributed by atoms with van der Waals surface area (Å²) in [5, 5.41) is 0. The molecule has 2 heteroatoms. The summed E-state index contributed by atoms with van der Waals surface area (Å²) < 4.78 is 5.78. The predicted molar refractivity (Wildman–Crippen MR) is 94.3 cm³/mol. The summed E-state index contributed by atoms with van der Waals surface area (Å²) in [6.07, 6.45) is 12.8. The molecule has 0 unspecified atom stereocenters. The molecule has 0 N–H and O–H groups in total. The molecule has 0 aliphatic heterocycles. The lowest BCUT2D eigenvalue weighted by atomic mass is 9.45. The minimum atomic E-state index is -0.0771. The van der Waals surface area contributed by atoms with Gasteiger partial charge in [-0.1, -0.05) is 13.8 Å². The summed E-state index contributed by atoms with van der Waals surface area (Å²) in [5.74, 6) is 5.81. The molecule has 5 saturated carbocycles. The molecule has 5 aliphatic carbocycles. The Morgan fingerprint density at radius 2 is 1.50 bits per heavy atom. The second-order valence-electron chi connectivity index (χ2n) is 10.5. The topological polar surface area (TPSA) is 26.3 Å². The maximum absolute atomic E-state index is 11.6. The van der Waals surface area contributed by atoms with Crippen LogP contribution in [0, 0.1) is 46.3 Å². The Bertz CT molecular complexity index is 556. The van der Waals surface area contributed by atoms with E-state index in [0.717, 1.165) is 41.9 Å². The lowest BCUT2D eigenvalue weighted by molar-refractivity contribution is -0.161. The fourth-order valence-corrected chi connectivity index (χ4v) is 8.50. The first kappa shape index (κ1) is 15.7. The van der Waals surface area contributed by atoms with Gasteiger partial charge in [0, 0.05) is 12.3 Å². The molecule has 0 saturated heterocycles. The van der Waals surface area contributed by atoms with Gasteiger partial charge in [0.15, 0.2) is 0 Å². The van der Waals surface area contributed by atoms with Gasteiger partial charge in [0.05, 0.1) is 0 Å². The lowest BCUT2D eigenvalue weighted by Gasteiger charge is -2.60. The van der Waals surface area contributed by atoms with Crippen molar-refractivity contribution in [2.75, 3.05) is 0 Å². The molecule has 5 aliphatic rings. The van der Waals surface area contributed by atoms with Crippen LogP contribution in [0.5, 0.6) is 0 Å². The first-order chi connectivity index (χ1) is 11.4. The summed E-state index contributed by atoms with van der Waals surface area (Å²) in [7, 11) is 0. The van der Waals surface area contributed by atoms with Gasteiger partial charge in [-0.2, -0.15) is 0 Å². The van der Waals surface area contributed by atoms with Crippen LogP contribution >= 0.6 is 0 Å². The van der Waals surface area contributed by atoms with Gasteiger partial charge in [0.2, 0.25) is 0 Å². The van der Waals surface area contributed by atoms with Crippen molar-refractivity contribution in [3.8, 4) is 0 Å². The number of hydrogen-bond donors (Lipinski definition) is 0. The third-order valence-electron chi connectivity index (χ3n) is 9.71. The number of carbonyl (C=O) groups is 1. The van der Waals surface area contributed by atoms with Gasteiger partial charge in [-0.3, -0.25) is 4.79 Å². The van der Waals surface area contributed by atoms with E-state index in [-0.39, 0.29) is 17.5 Å². The van der Waals surface area contributed by atoms with E-state index in [4.69, 9.17) is 4.74 Å². The minimum Gasteiger partial charge on any atom is -0.462 e. The van der Waals surface area contributed by atoms with E-state index in [2.05, 4.69) is 13.8 Å². The molecule has 24 heavy (non-hydrogen) atoms. The number of fused-ring (bicyclic) bond motifs is 7. The summed E-state index contributed by atoms with van der Waals surface area (Å²) in [4.78, 5) is 11.6. The zero-order chi connectivity index (χ0) is 16.7. The summed E-state index contributed by atoms with van der Waals surface area (Å²) in [6.45, 7) is 6.70. The van der Waals surface area contributed by atoms with Crippen LogP contribution in [0.25, 0.3) is 0 Å². The third kappa shape index (κ3) is 1.98. The molecule has 2 nitrogen and oxygen atoms in total. The van der Waals surface area contributed by atoms with Crippen LogP contribution in [-0.2, 0) is 9.53 Å². The molecule has 0 spiro atoms. The van der Waals surface area contributed by atoms with Crippen LogP contribution in [-0.4, -0.2) is 12.1 Å². The van der Waals surface area contributed by atoms with Crippen LogP contribution in [0.3, 0.4) is 0 Å².